The maximum absolute atomic E-state index is 15.3. The molecule has 0 bridgehead atoms. The van der Waals surface area contributed by atoms with Crippen LogP contribution in [0.2, 0.25) is 0 Å². The summed E-state index contributed by atoms with van der Waals surface area (Å²) in [5.41, 5.74) is 2.00. The van der Waals surface area contributed by atoms with Gasteiger partial charge in [0.25, 0.3) is 5.89 Å². The number of hydrogen-bond donors (Lipinski definition) is 4. The van der Waals surface area contributed by atoms with Crippen LogP contribution in [0.15, 0.2) is 77.3 Å². The van der Waals surface area contributed by atoms with E-state index in [1.807, 2.05) is 0 Å². The van der Waals surface area contributed by atoms with Gasteiger partial charge in [0, 0.05) is 23.7 Å². The summed E-state index contributed by atoms with van der Waals surface area (Å²) in [5.74, 6) is -1.51. The molecule has 1 unspecified atom stereocenters. The first kappa shape index (κ1) is 34.2. The number of urea groups is 1. The third-order valence-electron chi connectivity index (χ3n) is 6.77. The molecule has 0 fully saturated rings. The highest BCUT2D eigenvalue weighted by molar-refractivity contribution is 5.92. The van der Waals surface area contributed by atoms with Gasteiger partial charge >= 0.3 is 18.1 Å². The molecule has 0 aliphatic rings. The average molecular weight is 674 g/mol. The Bertz CT molecular complexity index is 1940. The van der Waals surface area contributed by atoms with Crippen LogP contribution in [0, 0.1) is 11.6 Å². The molecule has 0 saturated carbocycles. The number of aromatic nitrogens is 4. The fourth-order valence-electron chi connectivity index (χ4n) is 4.58. The predicted molar refractivity (Wildman–Crippen MR) is 175 cm³/mol. The summed E-state index contributed by atoms with van der Waals surface area (Å²) >= 11 is 0. The first-order valence-electron chi connectivity index (χ1n) is 15.2. The largest absolute Gasteiger partial charge is 0.464 e. The van der Waals surface area contributed by atoms with E-state index in [0.717, 1.165) is 0 Å². The maximum Gasteiger partial charge on any atom is 0.412 e. The molecule has 0 spiro atoms. The third kappa shape index (κ3) is 9.24. The van der Waals surface area contributed by atoms with Crippen LogP contribution in [0.5, 0.6) is 0 Å². The van der Waals surface area contributed by atoms with Gasteiger partial charge in [0.15, 0.2) is 5.82 Å². The van der Waals surface area contributed by atoms with Crippen molar-refractivity contribution in [3.05, 3.63) is 90.0 Å². The molecular formula is C34H33F2N7O6. The number of anilines is 2. The fourth-order valence-corrected chi connectivity index (χ4v) is 4.58. The molecule has 4 N–H and O–H groups in total. The Kier molecular flexibility index (Phi) is 10.3. The number of halogens is 2. The van der Waals surface area contributed by atoms with Gasteiger partial charge in [-0.05, 0) is 99.5 Å². The molecule has 0 saturated heterocycles. The van der Waals surface area contributed by atoms with Crippen LogP contribution in [-0.2, 0) is 20.7 Å². The molecule has 15 heteroatoms. The molecule has 2 aromatic heterocycles. The van der Waals surface area contributed by atoms with Crippen LogP contribution in [0.1, 0.15) is 33.3 Å². The zero-order valence-electron chi connectivity index (χ0n) is 27.0. The second kappa shape index (κ2) is 14.8. The number of carbonyl (C=O) groups excluding carboxylic acids is 3. The minimum Gasteiger partial charge on any atom is -0.464 e. The number of carbonyl (C=O) groups is 3. The summed E-state index contributed by atoms with van der Waals surface area (Å²) in [6, 6.07) is 16.1. The topological polar surface area (TPSA) is 173 Å². The molecular weight excluding hydrogens is 640 g/mol. The molecule has 13 nitrogen and oxygen atoms in total. The monoisotopic (exact) mass is 673 g/mol. The van der Waals surface area contributed by atoms with Gasteiger partial charge in [0.05, 0.1) is 17.9 Å². The molecule has 254 valence electrons. The number of nitrogens with one attached hydrogen (secondary N) is 4. The quantitative estimate of drug-likeness (QED) is 0.117. The van der Waals surface area contributed by atoms with Crippen molar-refractivity contribution in [2.75, 3.05) is 17.2 Å². The highest BCUT2D eigenvalue weighted by Gasteiger charge is 2.24. The number of aromatic amines is 1. The lowest BCUT2D eigenvalue weighted by atomic mass is 10.0. The fraction of sp³-hybridized carbons (Fsp3) is 0.235. The summed E-state index contributed by atoms with van der Waals surface area (Å²) in [5, 5.41) is 18.4. The molecule has 3 aromatic carbocycles. The lowest BCUT2D eigenvalue weighted by Gasteiger charge is -2.19. The van der Waals surface area contributed by atoms with Crippen molar-refractivity contribution in [2.45, 2.75) is 45.8 Å². The van der Waals surface area contributed by atoms with E-state index in [4.69, 9.17) is 14.0 Å². The number of esters is 1. The van der Waals surface area contributed by atoms with Crippen LogP contribution in [-0.4, -0.2) is 56.7 Å². The summed E-state index contributed by atoms with van der Waals surface area (Å²) in [6.07, 6.45) is -0.689. The van der Waals surface area contributed by atoms with Crippen LogP contribution in [0.4, 0.5) is 29.9 Å². The lowest BCUT2D eigenvalue weighted by molar-refractivity contribution is -0.145. The first-order valence-corrected chi connectivity index (χ1v) is 15.2. The molecule has 0 aliphatic heterocycles. The van der Waals surface area contributed by atoms with Gasteiger partial charge in [-0.2, -0.15) is 10.1 Å². The zero-order chi connectivity index (χ0) is 35.1. The minimum absolute atomic E-state index is 0.00605. The van der Waals surface area contributed by atoms with Crippen molar-refractivity contribution in [1.29, 1.82) is 0 Å². The molecule has 0 aliphatic carbocycles. The Balaban J connectivity index is 1.23. The number of ether oxygens (including phenoxy) is 2. The Morgan fingerprint density at radius 2 is 1.65 bits per heavy atom. The van der Waals surface area contributed by atoms with Crippen LogP contribution >= 0.6 is 0 Å². The van der Waals surface area contributed by atoms with Crippen molar-refractivity contribution < 1.29 is 37.2 Å². The second-order valence-corrected chi connectivity index (χ2v) is 11.7. The van der Waals surface area contributed by atoms with Crippen molar-refractivity contribution in [1.82, 2.24) is 25.7 Å². The zero-order valence-corrected chi connectivity index (χ0v) is 27.0. The lowest BCUT2D eigenvalue weighted by Crippen LogP contribution is -2.45. The van der Waals surface area contributed by atoms with Gasteiger partial charge in [0.2, 0.25) is 5.82 Å². The molecule has 3 amide bonds. The third-order valence-corrected chi connectivity index (χ3v) is 6.77. The minimum atomic E-state index is -1.16. The Morgan fingerprint density at radius 3 is 2.33 bits per heavy atom. The number of nitrogens with zero attached hydrogens (tertiary/aromatic N) is 3. The summed E-state index contributed by atoms with van der Waals surface area (Å²) in [6.45, 7) is 6.97. The van der Waals surface area contributed by atoms with Gasteiger partial charge in [-0.25, -0.2) is 23.2 Å². The molecule has 5 rings (SSSR count). The van der Waals surface area contributed by atoms with Gasteiger partial charge in [-0.15, -0.1) is 0 Å². The van der Waals surface area contributed by atoms with E-state index in [0.29, 0.717) is 28.1 Å². The molecule has 2 heterocycles. The van der Waals surface area contributed by atoms with E-state index in [1.165, 1.54) is 24.3 Å². The summed E-state index contributed by atoms with van der Waals surface area (Å²) in [4.78, 5) is 41.8. The highest BCUT2D eigenvalue weighted by atomic mass is 19.1. The van der Waals surface area contributed by atoms with Crippen molar-refractivity contribution in [3.63, 3.8) is 0 Å². The normalized spacial score (nSPS) is 11.8. The summed E-state index contributed by atoms with van der Waals surface area (Å²) < 4.78 is 44.3. The number of H-pyrrole nitrogens is 1. The van der Waals surface area contributed by atoms with Gasteiger partial charge in [-0.1, -0.05) is 11.2 Å². The van der Waals surface area contributed by atoms with Crippen LogP contribution in [0.3, 0.4) is 0 Å². The van der Waals surface area contributed by atoms with E-state index in [9.17, 15) is 18.8 Å². The molecule has 49 heavy (non-hydrogen) atoms. The summed E-state index contributed by atoms with van der Waals surface area (Å²) in [7, 11) is 0. The number of rotatable bonds is 10. The maximum atomic E-state index is 15.3. The van der Waals surface area contributed by atoms with Crippen LogP contribution < -0.4 is 16.0 Å². The van der Waals surface area contributed by atoms with Gasteiger partial charge in [-0.3, -0.25) is 15.7 Å². The van der Waals surface area contributed by atoms with E-state index < -0.39 is 35.6 Å². The van der Waals surface area contributed by atoms with Crippen molar-refractivity contribution in [2.24, 2.45) is 0 Å². The van der Waals surface area contributed by atoms with E-state index in [2.05, 4.69) is 36.3 Å². The SMILES string of the molecule is CCOC(=O)C(Cc1ccc(-c2noc(-c3ccc(NC(=O)OC(C)(C)C)cc3)n2)c(F)c1)NC(=O)Nc1cc(-c2ccc(F)cc2)[nH]n1. The Morgan fingerprint density at radius 1 is 0.939 bits per heavy atom. The van der Waals surface area contributed by atoms with Gasteiger partial charge < -0.3 is 19.3 Å². The molecule has 5 aromatic rings. The number of benzene rings is 3. The van der Waals surface area contributed by atoms with Crippen LogP contribution in [0.25, 0.3) is 34.1 Å². The van der Waals surface area contributed by atoms with Crippen molar-refractivity contribution in [3.8, 4) is 34.1 Å². The van der Waals surface area contributed by atoms with E-state index >= 15 is 4.39 Å². The second-order valence-electron chi connectivity index (χ2n) is 11.7. The molecule has 1 atom stereocenters. The first-order chi connectivity index (χ1) is 23.4. The highest BCUT2D eigenvalue weighted by Crippen LogP contribution is 2.27. The number of amides is 3. The average Bonchev–Trinajstić information content (AvgIpc) is 3.71. The predicted octanol–water partition coefficient (Wildman–Crippen LogP) is 6.71. The van der Waals surface area contributed by atoms with E-state index in [-0.39, 0.29) is 41.9 Å². The standard InChI is InChI=1S/C34H33F2N7O6/c1-5-47-31(44)27(38-32(45)39-28-18-26(41-42-28)20-7-11-22(35)12-8-20)17-19-6-15-24(25(36)16-19)29-40-30(49-43-29)21-9-13-23(14-10-21)37-33(46)48-34(2,3)4/h6-16,18,27H,5,17H2,1-4H3,(H,37,46)(H3,38,39,41,42,45). The van der Waals surface area contributed by atoms with Crippen molar-refractivity contribution >= 4 is 29.6 Å². The number of hydrogen-bond acceptors (Lipinski definition) is 9. The Labute approximate surface area is 279 Å². The smallest absolute Gasteiger partial charge is 0.412 e. The van der Waals surface area contributed by atoms with E-state index in [1.54, 1.807) is 76.2 Å². The Hall–Kier alpha value is -6.12. The molecule has 0 radical (unpaired) electrons. The van der Waals surface area contributed by atoms with Gasteiger partial charge in [0.1, 0.15) is 23.3 Å².